The second-order valence-corrected chi connectivity index (χ2v) is 16.6. The van der Waals surface area contributed by atoms with Gasteiger partial charge in [-0.05, 0) is 40.2 Å². The fraction of sp³-hybridized carbons (Fsp3) is 0.355. The zero-order valence-corrected chi connectivity index (χ0v) is 25.2. The number of halogens is 2. The van der Waals surface area contributed by atoms with Crippen LogP contribution in [0.5, 0.6) is 5.75 Å². The Balaban J connectivity index is 2.18. The van der Waals surface area contributed by atoms with Gasteiger partial charge in [0.2, 0.25) is 0 Å². The maximum absolute atomic E-state index is 16.2. The lowest BCUT2D eigenvalue weighted by molar-refractivity contribution is -0.384. The first kappa shape index (κ1) is 30.0. The van der Waals surface area contributed by atoms with Gasteiger partial charge in [-0.15, -0.1) is 5.54 Å². The van der Waals surface area contributed by atoms with Gasteiger partial charge in [0.15, 0.2) is 12.6 Å². The summed E-state index contributed by atoms with van der Waals surface area (Å²) in [6, 6.07) is 7.18. The molecule has 3 aromatic carbocycles. The number of nitrogens with zero attached hydrogens (tertiary/aromatic N) is 3. The minimum Gasteiger partial charge on any atom is -0.468 e. The number of methoxy groups -OCH3 is 1. The fourth-order valence-corrected chi connectivity index (χ4v) is 11.2. The first-order valence-electron chi connectivity index (χ1n) is 13.4. The molecule has 0 bridgehead atoms. The van der Waals surface area contributed by atoms with Crippen molar-refractivity contribution < 1.29 is 23.2 Å². The molecule has 4 aromatic rings. The van der Waals surface area contributed by atoms with Crippen LogP contribution < -0.4 is 4.74 Å². The van der Waals surface area contributed by atoms with Crippen LogP contribution in [0.4, 0.5) is 14.5 Å². The van der Waals surface area contributed by atoms with Gasteiger partial charge in [-0.2, -0.15) is 0 Å². The number of aromatic nitrogens is 2. The van der Waals surface area contributed by atoms with Crippen LogP contribution in [0.3, 0.4) is 0 Å². The summed E-state index contributed by atoms with van der Waals surface area (Å²) in [5.74, 6) is 1.93. The Morgan fingerprint density at radius 1 is 1.02 bits per heavy atom. The summed E-state index contributed by atoms with van der Waals surface area (Å²) < 4.78 is 42.7. The maximum Gasteiger partial charge on any atom is 0.281 e. The maximum atomic E-state index is 16.2. The highest BCUT2D eigenvalue weighted by Crippen LogP contribution is 2.44. The highest BCUT2D eigenvalue weighted by molar-refractivity contribution is 6.90. The van der Waals surface area contributed by atoms with Crippen molar-refractivity contribution >= 4 is 35.4 Å². The van der Waals surface area contributed by atoms with Gasteiger partial charge >= 0.3 is 0 Å². The van der Waals surface area contributed by atoms with Crippen molar-refractivity contribution in [2.75, 3.05) is 13.9 Å². The van der Waals surface area contributed by atoms with Crippen LogP contribution in [0.25, 0.3) is 32.8 Å². The topological polar surface area (TPSA) is 87.4 Å². The number of ether oxygens (including phenoxy) is 2. The minimum atomic E-state index is -2.29. The Morgan fingerprint density at radius 3 is 2.32 bits per heavy atom. The van der Waals surface area contributed by atoms with E-state index in [1.54, 1.807) is 6.07 Å². The van der Waals surface area contributed by atoms with Crippen LogP contribution >= 0.6 is 0 Å². The predicted octanol–water partition coefficient (Wildman–Crippen LogP) is 8.19. The number of benzene rings is 3. The number of nitro groups is 1. The van der Waals surface area contributed by atoms with E-state index in [2.05, 4.69) is 63.0 Å². The molecule has 4 rings (SSSR count). The van der Waals surface area contributed by atoms with Crippen LogP contribution in [0, 0.1) is 33.2 Å². The van der Waals surface area contributed by atoms with Crippen molar-refractivity contribution in [1.29, 1.82) is 0 Å². The van der Waals surface area contributed by atoms with Crippen molar-refractivity contribution in [3.63, 3.8) is 0 Å². The number of hydrogen-bond acceptors (Lipinski definition) is 6. The molecule has 0 unspecified atom stereocenters. The van der Waals surface area contributed by atoms with Gasteiger partial charge in [0, 0.05) is 35.7 Å². The van der Waals surface area contributed by atoms with Crippen LogP contribution in [-0.2, 0) is 4.74 Å². The van der Waals surface area contributed by atoms with E-state index in [-0.39, 0.29) is 45.5 Å². The van der Waals surface area contributed by atoms with E-state index in [0.717, 1.165) is 0 Å². The number of rotatable bonds is 8. The van der Waals surface area contributed by atoms with Crippen molar-refractivity contribution in [2.45, 2.75) is 58.2 Å². The monoisotopic (exact) mass is 577 g/mol. The Hall–Kier alpha value is -3.94. The molecule has 0 aliphatic rings. The third-order valence-corrected chi connectivity index (χ3v) is 14.1. The number of hydrogen-bond donors (Lipinski definition) is 0. The molecule has 1 aromatic heterocycles. The van der Waals surface area contributed by atoms with Crippen molar-refractivity contribution in [3.05, 3.63) is 70.2 Å². The van der Waals surface area contributed by atoms with Crippen LogP contribution in [0.1, 0.15) is 47.1 Å². The zero-order chi connectivity index (χ0) is 30.1. The molecule has 0 saturated carbocycles. The van der Waals surface area contributed by atoms with E-state index in [1.165, 1.54) is 43.9 Å². The average Bonchev–Trinajstić information content (AvgIpc) is 2.92. The van der Waals surface area contributed by atoms with Gasteiger partial charge in [0.1, 0.15) is 31.5 Å². The molecule has 214 valence electrons. The van der Waals surface area contributed by atoms with Crippen LogP contribution in [0.15, 0.2) is 42.9 Å². The van der Waals surface area contributed by atoms with Crippen LogP contribution in [0.2, 0.25) is 16.6 Å². The summed E-state index contributed by atoms with van der Waals surface area (Å²) in [5.41, 5.74) is 3.63. The first-order valence-corrected chi connectivity index (χ1v) is 15.6. The molecule has 0 saturated heterocycles. The number of nitro benzene ring substituents is 1. The quantitative estimate of drug-likeness (QED) is 0.0690. The summed E-state index contributed by atoms with van der Waals surface area (Å²) >= 11 is 0. The molecule has 0 spiro atoms. The van der Waals surface area contributed by atoms with E-state index in [0.29, 0.717) is 22.0 Å². The highest BCUT2D eigenvalue weighted by atomic mass is 28.3. The Labute approximate surface area is 239 Å². The summed E-state index contributed by atoms with van der Waals surface area (Å²) in [7, 11) is -0.839. The molecule has 10 heteroatoms. The largest absolute Gasteiger partial charge is 0.468 e. The minimum absolute atomic E-state index is 0.0612. The summed E-state index contributed by atoms with van der Waals surface area (Å²) in [6.45, 7) is 12.8. The lowest BCUT2D eigenvalue weighted by Gasteiger charge is -2.38. The zero-order valence-electron chi connectivity index (χ0n) is 24.2. The smallest absolute Gasteiger partial charge is 0.281 e. The standard InChI is InChI=1S/C31H33F2N3O4Si/c1-18(2)41(19(3)4,20(5)6)11-10-24-26(32)9-8-21-12-23(40-17-39-7)14-25(28(21)24)29-27(36(37)38)13-22-15-34-16-35-31(22)30(29)33/h8-9,12-16,18-20H,17H2,1-7H3. The average molecular weight is 578 g/mol. The molecule has 41 heavy (non-hydrogen) atoms. The molecule has 0 amide bonds. The van der Waals surface area contributed by atoms with Gasteiger partial charge in [-0.25, -0.2) is 18.7 Å². The molecule has 0 fully saturated rings. The molecular weight excluding hydrogens is 544 g/mol. The summed E-state index contributed by atoms with van der Waals surface area (Å²) in [6.07, 6.45) is 2.48. The molecule has 0 atom stereocenters. The van der Waals surface area contributed by atoms with E-state index in [4.69, 9.17) is 9.47 Å². The molecule has 0 N–H and O–H groups in total. The van der Waals surface area contributed by atoms with Crippen molar-refractivity contribution in [3.8, 4) is 28.3 Å². The van der Waals surface area contributed by atoms with Gasteiger partial charge < -0.3 is 9.47 Å². The van der Waals surface area contributed by atoms with Gasteiger partial charge in [-0.1, -0.05) is 53.5 Å². The first-order chi connectivity index (χ1) is 19.4. The molecular formula is C31H33F2N3O4Si. The second kappa shape index (κ2) is 11.9. The summed E-state index contributed by atoms with van der Waals surface area (Å²) in [4.78, 5) is 19.5. The third kappa shape index (κ3) is 5.39. The lowest BCUT2D eigenvalue weighted by atomic mass is 9.92. The molecule has 0 radical (unpaired) electrons. The predicted molar refractivity (Wildman–Crippen MR) is 159 cm³/mol. The van der Waals surface area contributed by atoms with Crippen LogP contribution in [-0.4, -0.2) is 36.9 Å². The number of fused-ring (bicyclic) bond motifs is 2. The van der Waals surface area contributed by atoms with Crippen molar-refractivity contribution in [1.82, 2.24) is 9.97 Å². The molecule has 0 aliphatic heterocycles. The highest BCUT2D eigenvalue weighted by Gasteiger charge is 2.41. The Morgan fingerprint density at radius 2 is 1.71 bits per heavy atom. The fourth-order valence-electron chi connectivity index (χ4n) is 6.03. The van der Waals surface area contributed by atoms with E-state index >= 15 is 8.78 Å². The lowest BCUT2D eigenvalue weighted by Crippen LogP contribution is -2.43. The molecule has 0 aliphatic carbocycles. The van der Waals surface area contributed by atoms with Gasteiger partial charge in [0.25, 0.3) is 5.69 Å². The third-order valence-electron chi connectivity index (χ3n) is 7.84. The summed E-state index contributed by atoms with van der Waals surface area (Å²) in [5, 5.41) is 13.2. The van der Waals surface area contributed by atoms with Crippen molar-refractivity contribution in [2.24, 2.45) is 0 Å². The van der Waals surface area contributed by atoms with E-state index in [9.17, 15) is 10.1 Å². The molecule has 1 heterocycles. The normalized spacial score (nSPS) is 11.9. The van der Waals surface area contributed by atoms with Gasteiger partial charge in [-0.3, -0.25) is 10.1 Å². The van der Waals surface area contributed by atoms with E-state index < -0.39 is 30.3 Å². The van der Waals surface area contributed by atoms with E-state index in [1.807, 2.05) is 0 Å². The Kier molecular flexibility index (Phi) is 8.71. The second-order valence-electron chi connectivity index (χ2n) is 11.0. The SMILES string of the molecule is COCOc1cc(-c2c([N+](=O)[O-])cc3cncnc3c2F)c2c(C#C[Si](C(C)C)(C(C)C)C(C)C)c(F)ccc2c1. The molecule has 7 nitrogen and oxygen atoms in total. The Bertz CT molecular complexity index is 1670. The van der Waals surface area contributed by atoms with Gasteiger partial charge in [0.05, 0.1) is 16.1 Å².